The molecule has 0 aliphatic carbocycles. The van der Waals surface area contributed by atoms with Crippen molar-refractivity contribution in [3.63, 3.8) is 0 Å². The first-order valence-corrected chi connectivity index (χ1v) is 7.62. The summed E-state index contributed by atoms with van der Waals surface area (Å²) >= 11 is 0. The summed E-state index contributed by atoms with van der Waals surface area (Å²) in [5.74, 6) is 0.420. The number of rotatable bonds is 7. The number of aliphatic hydroxyl groups excluding tert-OH is 1. The summed E-state index contributed by atoms with van der Waals surface area (Å²) in [7, 11) is 0. The topological polar surface area (TPSA) is 35.5 Å². The molecule has 0 saturated carbocycles. The van der Waals surface area contributed by atoms with Crippen LogP contribution in [0.25, 0.3) is 0 Å². The molecule has 0 spiro atoms. The first kappa shape index (κ1) is 15.9. The van der Waals surface area contributed by atoms with E-state index < -0.39 is 0 Å². The van der Waals surface area contributed by atoms with Gasteiger partial charge in [-0.3, -0.25) is 0 Å². The van der Waals surface area contributed by atoms with Gasteiger partial charge in [0.25, 0.3) is 0 Å². The fraction of sp³-hybridized carbons (Fsp3) is 1.00. The normalized spacial score (nSPS) is 29.2. The molecule has 0 aromatic rings. The third-order valence-corrected chi connectivity index (χ3v) is 4.38. The number of hydrogen-bond donors (Lipinski definition) is 2. The maximum atomic E-state index is 9.79. The van der Waals surface area contributed by atoms with Crippen molar-refractivity contribution in [2.24, 2.45) is 11.3 Å². The molecular weight excluding hydrogens is 224 g/mol. The Labute approximate surface area is 113 Å². The van der Waals surface area contributed by atoms with Gasteiger partial charge in [-0.2, -0.15) is 0 Å². The number of piperidine rings is 1. The Morgan fingerprint density at radius 2 is 2.11 bits per heavy atom. The van der Waals surface area contributed by atoms with Crippen LogP contribution in [-0.4, -0.2) is 48.8 Å². The lowest BCUT2D eigenvalue weighted by molar-refractivity contribution is 0.0180. The first-order valence-electron chi connectivity index (χ1n) is 7.62. The Balaban J connectivity index is 2.41. The minimum absolute atomic E-state index is 0.0904. The van der Waals surface area contributed by atoms with Gasteiger partial charge >= 0.3 is 0 Å². The highest BCUT2D eigenvalue weighted by Gasteiger charge is 2.30. The quantitative estimate of drug-likeness (QED) is 0.685. The van der Waals surface area contributed by atoms with Gasteiger partial charge in [-0.25, -0.2) is 0 Å². The van der Waals surface area contributed by atoms with Crippen LogP contribution in [0.1, 0.15) is 47.0 Å². The lowest BCUT2D eigenvalue weighted by Gasteiger charge is -2.40. The number of nitrogens with zero attached hydrogens (tertiary/aromatic N) is 1. The van der Waals surface area contributed by atoms with Crippen molar-refractivity contribution in [2.45, 2.75) is 53.1 Å². The third kappa shape index (κ3) is 4.87. The average molecular weight is 256 g/mol. The molecular formula is C15H32N2O. The molecule has 1 saturated heterocycles. The lowest BCUT2D eigenvalue weighted by Crippen LogP contribution is -2.48. The second-order valence-corrected chi connectivity index (χ2v) is 6.41. The largest absolute Gasteiger partial charge is 0.393 e. The number of nitrogens with one attached hydrogen (secondary N) is 1. The molecule has 0 aromatic heterocycles. The number of hydrogen-bond acceptors (Lipinski definition) is 3. The minimum atomic E-state index is -0.0904. The summed E-state index contributed by atoms with van der Waals surface area (Å²) in [5.41, 5.74) is 0.358. The van der Waals surface area contributed by atoms with E-state index in [1.165, 1.54) is 12.8 Å². The molecule has 1 rings (SSSR count). The highest BCUT2D eigenvalue weighted by atomic mass is 16.3. The average Bonchev–Trinajstić information content (AvgIpc) is 2.34. The van der Waals surface area contributed by atoms with Crippen molar-refractivity contribution in [1.29, 1.82) is 0 Å². The van der Waals surface area contributed by atoms with Crippen LogP contribution in [0, 0.1) is 11.3 Å². The molecule has 3 atom stereocenters. The molecule has 1 heterocycles. The second-order valence-electron chi connectivity index (χ2n) is 6.41. The van der Waals surface area contributed by atoms with E-state index in [1.54, 1.807) is 0 Å². The summed E-state index contributed by atoms with van der Waals surface area (Å²) in [6, 6.07) is 0. The van der Waals surface area contributed by atoms with Crippen molar-refractivity contribution in [3.8, 4) is 0 Å². The van der Waals surface area contributed by atoms with Crippen LogP contribution in [0.15, 0.2) is 0 Å². The van der Waals surface area contributed by atoms with Gasteiger partial charge in [0.05, 0.1) is 6.10 Å². The highest BCUT2D eigenvalue weighted by molar-refractivity contribution is 4.84. The zero-order valence-corrected chi connectivity index (χ0v) is 12.7. The Hall–Kier alpha value is -0.120. The van der Waals surface area contributed by atoms with Crippen LogP contribution in [-0.2, 0) is 0 Å². The van der Waals surface area contributed by atoms with E-state index in [4.69, 9.17) is 0 Å². The van der Waals surface area contributed by atoms with Crippen molar-refractivity contribution in [2.75, 3.05) is 32.7 Å². The van der Waals surface area contributed by atoms with Gasteiger partial charge in [-0.15, -0.1) is 0 Å². The molecule has 1 fully saturated rings. The van der Waals surface area contributed by atoms with Crippen LogP contribution in [0.5, 0.6) is 0 Å². The molecule has 3 unspecified atom stereocenters. The Morgan fingerprint density at radius 3 is 2.67 bits per heavy atom. The lowest BCUT2D eigenvalue weighted by atomic mass is 9.85. The zero-order chi connectivity index (χ0) is 13.6. The molecule has 3 heteroatoms. The minimum Gasteiger partial charge on any atom is -0.393 e. The van der Waals surface area contributed by atoms with Crippen molar-refractivity contribution in [3.05, 3.63) is 0 Å². The molecule has 0 aromatic carbocycles. The summed E-state index contributed by atoms with van der Waals surface area (Å²) in [5, 5.41) is 13.3. The molecule has 0 radical (unpaired) electrons. The zero-order valence-electron chi connectivity index (χ0n) is 12.7. The highest BCUT2D eigenvalue weighted by Crippen LogP contribution is 2.25. The SMILES string of the molecule is CCCNCC(C)(CC)CN1CCC(O)C(C)C1. The monoisotopic (exact) mass is 256 g/mol. The van der Waals surface area contributed by atoms with E-state index in [1.807, 2.05) is 0 Å². The predicted octanol–water partition coefficient (Wildman–Crippen LogP) is 2.10. The van der Waals surface area contributed by atoms with Crippen LogP contribution in [0.4, 0.5) is 0 Å². The molecule has 2 N–H and O–H groups in total. The van der Waals surface area contributed by atoms with E-state index >= 15 is 0 Å². The maximum Gasteiger partial charge on any atom is 0.0590 e. The maximum absolute atomic E-state index is 9.79. The van der Waals surface area contributed by atoms with Gasteiger partial charge in [0.2, 0.25) is 0 Å². The molecule has 108 valence electrons. The Morgan fingerprint density at radius 1 is 1.39 bits per heavy atom. The molecule has 1 aliphatic rings. The standard InChI is InChI=1S/C15H32N2O/c1-5-8-16-11-15(4,6-2)12-17-9-7-14(18)13(3)10-17/h13-14,16,18H,5-12H2,1-4H3. The number of likely N-dealkylation sites (tertiary alicyclic amines) is 1. The first-order chi connectivity index (χ1) is 8.50. The molecule has 1 aliphatic heterocycles. The van der Waals surface area contributed by atoms with Crippen molar-refractivity contribution in [1.82, 2.24) is 10.2 Å². The van der Waals surface area contributed by atoms with E-state index in [0.717, 1.165) is 39.1 Å². The van der Waals surface area contributed by atoms with Crippen LogP contribution in [0.2, 0.25) is 0 Å². The van der Waals surface area contributed by atoms with Crippen LogP contribution >= 0.6 is 0 Å². The van der Waals surface area contributed by atoms with Crippen molar-refractivity contribution >= 4 is 0 Å². The Bertz CT molecular complexity index is 235. The molecule has 0 bridgehead atoms. The van der Waals surface area contributed by atoms with E-state index in [9.17, 15) is 5.11 Å². The summed E-state index contributed by atoms with van der Waals surface area (Å²) in [6.07, 6.45) is 3.25. The fourth-order valence-electron chi connectivity index (χ4n) is 2.76. The van der Waals surface area contributed by atoms with Gasteiger partial charge in [0, 0.05) is 26.2 Å². The van der Waals surface area contributed by atoms with E-state index in [2.05, 4.69) is 37.9 Å². The van der Waals surface area contributed by atoms with Gasteiger partial charge < -0.3 is 15.3 Å². The van der Waals surface area contributed by atoms with Crippen LogP contribution in [0.3, 0.4) is 0 Å². The third-order valence-electron chi connectivity index (χ3n) is 4.38. The second kappa shape index (κ2) is 7.46. The van der Waals surface area contributed by atoms with Gasteiger partial charge in [0.15, 0.2) is 0 Å². The summed E-state index contributed by atoms with van der Waals surface area (Å²) in [4.78, 5) is 2.54. The van der Waals surface area contributed by atoms with Gasteiger partial charge in [-0.05, 0) is 37.1 Å². The predicted molar refractivity (Wildman–Crippen MR) is 77.8 cm³/mol. The van der Waals surface area contributed by atoms with E-state index in [-0.39, 0.29) is 6.10 Å². The summed E-state index contributed by atoms with van der Waals surface area (Å²) < 4.78 is 0. The molecule has 18 heavy (non-hydrogen) atoms. The van der Waals surface area contributed by atoms with Gasteiger partial charge in [-0.1, -0.05) is 27.7 Å². The van der Waals surface area contributed by atoms with E-state index in [0.29, 0.717) is 11.3 Å². The number of aliphatic hydroxyl groups is 1. The summed E-state index contributed by atoms with van der Waals surface area (Å²) in [6.45, 7) is 14.5. The Kier molecular flexibility index (Phi) is 6.61. The van der Waals surface area contributed by atoms with Crippen molar-refractivity contribution < 1.29 is 5.11 Å². The molecule has 3 nitrogen and oxygen atoms in total. The fourth-order valence-corrected chi connectivity index (χ4v) is 2.76. The van der Waals surface area contributed by atoms with Crippen LogP contribution < -0.4 is 5.32 Å². The van der Waals surface area contributed by atoms with Gasteiger partial charge in [0.1, 0.15) is 0 Å². The smallest absolute Gasteiger partial charge is 0.0590 e. The molecule has 0 amide bonds.